The average molecular weight is 318 g/mol. The van der Waals surface area contributed by atoms with Crippen LogP contribution < -0.4 is 10.2 Å². The zero-order chi connectivity index (χ0) is 16.4. The molecule has 1 aromatic rings. The van der Waals surface area contributed by atoms with Crippen molar-refractivity contribution in [2.24, 2.45) is 0 Å². The number of amides is 1. The zero-order valence-electron chi connectivity index (χ0n) is 14.2. The van der Waals surface area contributed by atoms with E-state index < -0.39 is 5.60 Å². The van der Waals surface area contributed by atoms with E-state index in [0.29, 0.717) is 5.92 Å². The SMILES string of the molecule is CC(C)(C)OC(=O)NC1CCN(c2cc(C3CCC3)ncn2)C1. The third-order valence-corrected chi connectivity index (χ3v) is 4.43. The molecule has 1 aromatic heterocycles. The van der Waals surface area contributed by atoms with Crippen molar-refractivity contribution >= 4 is 11.9 Å². The molecular formula is C17H26N4O2. The van der Waals surface area contributed by atoms with Gasteiger partial charge in [0.15, 0.2) is 0 Å². The van der Waals surface area contributed by atoms with Gasteiger partial charge in [-0.1, -0.05) is 6.42 Å². The van der Waals surface area contributed by atoms with Gasteiger partial charge in [-0.3, -0.25) is 0 Å². The summed E-state index contributed by atoms with van der Waals surface area (Å²) in [6.45, 7) is 7.27. The Bertz CT molecular complexity index is 566. The number of hydrogen-bond acceptors (Lipinski definition) is 5. The van der Waals surface area contributed by atoms with Gasteiger partial charge >= 0.3 is 6.09 Å². The molecular weight excluding hydrogens is 292 g/mol. The topological polar surface area (TPSA) is 67.3 Å². The first-order chi connectivity index (χ1) is 10.9. The van der Waals surface area contributed by atoms with Crippen molar-refractivity contribution in [3.05, 3.63) is 18.1 Å². The fraction of sp³-hybridized carbons (Fsp3) is 0.706. The van der Waals surface area contributed by atoms with Gasteiger partial charge in [-0.2, -0.15) is 0 Å². The maximum atomic E-state index is 11.9. The molecule has 0 bridgehead atoms. The monoisotopic (exact) mass is 318 g/mol. The molecule has 3 rings (SSSR count). The maximum Gasteiger partial charge on any atom is 0.407 e. The fourth-order valence-electron chi connectivity index (χ4n) is 3.02. The van der Waals surface area contributed by atoms with Crippen molar-refractivity contribution in [1.29, 1.82) is 0 Å². The van der Waals surface area contributed by atoms with Crippen LogP contribution in [0.15, 0.2) is 12.4 Å². The van der Waals surface area contributed by atoms with Crippen molar-refractivity contribution in [3.63, 3.8) is 0 Å². The van der Waals surface area contributed by atoms with Crippen LogP contribution in [0.1, 0.15) is 58.1 Å². The quantitative estimate of drug-likeness (QED) is 0.928. The number of nitrogens with zero attached hydrogens (tertiary/aromatic N) is 3. The van der Waals surface area contributed by atoms with Crippen LogP contribution >= 0.6 is 0 Å². The molecule has 1 saturated carbocycles. The summed E-state index contributed by atoms with van der Waals surface area (Å²) < 4.78 is 5.32. The largest absolute Gasteiger partial charge is 0.444 e. The van der Waals surface area contributed by atoms with E-state index in [9.17, 15) is 4.79 Å². The molecule has 1 atom stereocenters. The van der Waals surface area contributed by atoms with Gasteiger partial charge in [-0.05, 0) is 40.0 Å². The number of ether oxygens (including phenoxy) is 1. The molecule has 6 nitrogen and oxygen atoms in total. The molecule has 1 aliphatic carbocycles. The zero-order valence-corrected chi connectivity index (χ0v) is 14.2. The van der Waals surface area contributed by atoms with Crippen molar-refractivity contribution < 1.29 is 9.53 Å². The van der Waals surface area contributed by atoms with E-state index >= 15 is 0 Å². The Morgan fingerprint density at radius 2 is 2.09 bits per heavy atom. The van der Waals surface area contributed by atoms with Gasteiger partial charge in [0.1, 0.15) is 17.7 Å². The second kappa shape index (κ2) is 6.34. The number of anilines is 1. The highest BCUT2D eigenvalue weighted by Gasteiger charge is 2.28. The smallest absolute Gasteiger partial charge is 0.407 e. The minimum absolute atomic E-state index is 0.104. The minimum Gasteiger partial charge on any atom is -0.444 e. The number of carbonyl (C=O) groups excluding carboxylic acids is 1. The lowest BCUT2D eigenvalue weighted by Gasteiger charge is -2.26. The molecule has 1 unspecified atom stereocenters. The van der Waals surface area contributed by atoms with Gasteiger partial charge in [0.05, 0.1) is 6.04 Å². The average Bonchev–Trinajstić information content (AvgIpc) is 2.83. The van der Waals surface area contributed by atoms with Gasteiger partial charge < -0.3 is 15.0 Å². The Kier molecular flexibility index (Phi) is 4.41. The molecule has 1 saturated heterocycles. The van der Waals surface area contributed by atoms with Gasteiger partial charge in [-0.25, -0.2) is 14.8 Å². The van der Waals surface area contributed by atoms with Crippen LogP contribution in [0.3, 0.4) is 0 Å². The maximum absolute atomic E-state index is 11.9. The van der Waals surface area contributed by atoms with E-state index in [2.05, 4.69) is 26.3 Å². The van der Waals surface area contributed by atoms with Crippen LogP contribution in [0, 0.1) is 0 Å². The third kappa shape index (κ3) is 4.12. The highest BCUT2D eigenvalue weighted by atomic mass is 16.6. The van der Waals surface area contributed by atoms with E-state index in [1.54, 1.807) is 6.33 Å². The molecule has 1 aliphatic heterocycles. The lowest BCUT2D eigenvalue weighted by Crippen LogP contribution is -2.40. The van der Waals surface area contributed by atoms with Crippen molar-refractivity contribution in [1.82, 2.24) is 15.3 Å². The lowest BCUT2D eigenvalue weighted by atomic mass is 9.83. The fourth-order valence-corrected chi connectivity index (χ4v) is 3.02. The van der Waals surface area contributed by atoms with E-state index in [0.717, 1.165) is 31.0 Å². The summed E-state index contributed by atoms with van der Waals surface area (Å²) in [6, 6.07) is 2.21. The van der Waals surface area contributed by atoms with Crippen molar-refractivity contribution in [2.45, 2.75) is 64.0 Å². The molecule has 6 heteroatoms. The van der Waals surface area contributed by atoms with E-state index in [4.69, 9.17) is 4.74 Å². The van der Waals surface area contributed by atoms with Crippen LogP contribution in [0.5, 0.6) is 0 Å². The number of alkyl carbamates (subject to hydrolysis) is 1. The molecule has 1 amide bonds. The van der Waals surface area contributed by atoms with Crippen LogP contribution in [0.2, 0.25) is 0 Å². The number of rotatable bonds is 3. The summed E-state index contributed by atoms with van der Waals surface area (Å²) in [4.78, 5) is 22.9. The summed E-state index contributed by atoms with van der Waals surface area (Å²) in [5.74, 6) is 1.57. The van der Waals surface area contributed by atoms with Crippen molar-refractivity contribution in [3.8, 4) is 0 Å². The number of carbonyl (C=O) groups is 1. The number of aromatic nitrogens is 2. The predicted molar refractivity (Wildman–Crippen MR) is 88.6 cm³/mol. The molecule has 0 radical (unpaired) electrons. The van der Waals surface area contributed by atoms with E-state index in [-0.39, 0.29) is 12.1 Å². The standard InChI is InChI=1S/C17H26N4O2/c1-17(2,3)23-16(22)20-13-7-8-21(10-13)15-9-14(18-11-19-15)12-5-4-6-12/h9,11-13H,4-8,10H2,1-3H3,(H,20,22). The molecule has 0 aromatic carbocycles. The van der Waals surface area contributed by atoms with Crippen LogP contribution in [-0.4, -0.2) is 40.8 Å². The Balaban J connectivity index is 1.56. The Hall–Kier alpha value is -1.85. The first-order valence-corrected chi connectivity index (χ1v) is 8.47. The molecule has 23 heavy (non-hydrogen) atoms. The predicted octanol–water partition coefficient (Wildman–Crippen LogP) is 2.85. The molecule has 0 spiro atoms. The Morgan fingerprint density at radius 3 is 2.74 bits per heavy atom. The normalized spacial score (nSPS) is 21.9. The molecule has 2 aliphatic rings. The second-order valence-electron chi connectivity index (χ2n) is 7.51. The van der Waals surface area contributed by atoms with E-state index in [1.807, 2.05) is 20.8 Å². The third-order valence-electron chi connectivity index (χ3n) is 4.43. The first kappa shape index (κ1) is 16.0. The number of hydrogen-bond donors (Lipinski definition) is 1. The molecule has 2 heterocycles. The van der Waals surface area contributed by atoms with Gasteiger partial charge in [-0.15, -0.1) is 0 Å². The molecule has 1 N–H and O–H groups in total. The highest BCUT2D eigenvalue weighted by Crippen LogP contribution is 2.36. The van der Waals surface area contributed by atoms with Crippen LogP contribution in [0.25, 0.3) is 0 Å². The van der Waals surface area contributed by atoms with Gasteiger partial charge in [0, 0.05) is 30.8 Å². The van der Waals surface area contributed by atoms with Gasteiger partial charge in [0.25, 0.3) is 0 Å². The Morgan fingerprint density at radius 1 is 1.30 bits per heavy atom. The van der Waals surface area contributed by atoms with E-state index in [1.165, 1.54) is 19.3 Å². The molecule has 126 valence electrons. The number of nitrogens with one attached hydrogen (secondary N) is 1. The summed E-state index contributed by atoms with van der Waals surface area (Å²) in [5, 5.41) is 2.95. The minimum atomic E-state index is -0.466. The second-order valence-corrected chi connectivity index (χ2v) is 7.51. The Labute approximate surface area is 137 Å². The highest BCUT2D eigenvalue weighted by molar-refractivity contribution is 5.68. The van der Waals surface area contributed by atoms with Crippen LogP contribution in [-0.2, 0) is 4.74 Å². The van der Waals surface area contributed by atoms with Crippen molar-refractivity contribution in [2.75, 3.05) is 18.0 Å². The summed E-state index contributed by atoms with van der Waals surface area (Å²) >= 11 is 0. The summed E-state index contributed by atoms with van der Waals surface area (Å²) in [7, 11) is 0. The first-order valence-electron chi connectivity index (χ1n) is 8.47. The molecule has 2 fully saturated rings. The lowest BCUT2D eigenvalue weighted by molar-refractivity contribution is 0.0509. The summed E-state index contributed by atoms with van der Waals surface area (Å²) in [6.07, 6.45) is 6.00. The summed E-state index contributed by atoms with van der Waals surface area (Å²) in [5.41, 5.74) is 0.692. The van der Waals surface area contributed by atoms with Crippen LogP contribution in [0.4, 0.5) is 10.6 Å². The van der Waals surface area contributed by atoms with Gasteiger partial charge in [0.2, 0.25) is 0 Å².